The normalized spacial score (nSPS) is 17.7. The van der Waals surface area contributed by atoms with E-state index in [0.717, 1.165) is 19.3 Å². The van der Waals surface area contributed by atoms with Gasteiger partial charge in [-0.15, -0.1) is 0 Å². The molecule has 0 unspecified atom stereocenters. The van der Waals surface area contributed by atoms with E-state index in [1.165, 1.54) is 36.4 Å². The Morgan fingerprint density at radius 1 is 0.968 bits per heavy atom. The standard InChI is InChI=1S/C21H23F2N7O/c22-13-4-6-14(7-5-13)26-20(31)27-15-8-9-17(16(23)12-15)30-19(25)28-18(24)29-21(30)10-2-1-3-11-21/h4-9,12H,1-3,10-11H2,(H2,26,27,31)(H4,24,25,28,29). The summed E-state index contributed by atoms with van der Waals surface area (Å²) >= 11 is 0. The highest BCUT2D eigenvalue weighted by molar-refractivity contribution is 6.06. The minimum Gasteiger partial charge on any atom is -0.369 e. The molecule has 0 radical (unpaired) electrons. The molecule has 1 saturated carbocycles. The van der Waals surface area contributed by atoms with Crippen LogP contribution in [0.25, 0.3) is 0 Å². The van der Waals surface area contributed by atoms with Crippen LogP contribution in [0.3, 0.4) is 0 Å². The van der Waals surface area contributed by atoms with E-state index in [1.54, 1.807) is 11.0 Å². The van der Waals surface area contributed by atoms with Gasteiger partial charge in [-0.3, -0.25) is 4.90 Å². The highest BCUT2D eigenvalue weighted by Gasteiger charge is 2.43. The predicted octanol–water partition coefficient (Wildman–Crippen LogP) is 3.72. The van der Waals surface area contributed by atoms with Crippen LogP contribution in [0.15, 0.2) is 52.4 Å². The maximum atomic E-state index is 15.1. The van der Waals surface area contributed by atoms with Crippen molar-refractivity contribution in [3.63, 3.8) is 0 Å². The van der Waals surface area contributed by atoms with E-state index >= 15 is 4.39 Å². The predicted molar refractivity (Wildman–Crippen MR) is 117 cm³/mol. The van der Waals surface area contributed by atoms with Crippen molar-refractivity contribution in [1.82, 2.24) is 0 Å². The van der Waals surface area contributed by atoms with Crippen molar-refractivity contribution in [2.24, 2.45) is 21.5 Å². The van der Waals surface area contributed by atoms with Gasteiger partial charge in [-0.25, -0.2) is 18.6 Å². The first-order valence-electron chi connectivity index (χ1n) is 9.99. The number of urea groups is 1. The van der Waals surface area contributed by atoms with Gasteiger partial charge in [-0.1, -0.05) is 6.42 Å². The molecule has 2 aromatic carbocycles. The number of anilines is 3. The average Bonchev–Trinajstić information content (AvgIpc) is 2.71. The SMILES string of the molecule is NC1=NC2(CCCCC2)N(c2ccc(NC(=O)Nc3ccc(F)cc3)cc2F)C(N)=N1. The third-order valence-corrected chi connectivity index (χ3v) is 5.40. The summed E-state index contributed by atoms with van der Waals surface area (Å²) in [5, 5.41) is 5.11. The molecule has 8 nitrogen and oxygen atoms in total. The van der Waals surface area contributed by atoms with Crippen molar-refractivity contribution in [2.75, 3.05) is 15.5 Å². The van der Waals surface area contributed by atoms with Gasteiger partial charge >= 0.3 is 6.03 Å². The van der Waals surface area contributed by atoms with E-state index in [1.807, 2.05) is 0 Å². The number of halogens is 2. The molecule has 31 heavy (non-hydrogen) atoms. The fourth-order valence-corrected chi connectivity index (χ4v) is 4.06. The van der Waals surface area contributed by atoms with Crippen molar-refractivity contribution in [2.45, 2.75) is 37.8 Å². The van der Waals surface area contributed by atoms with Gasteiger partial charge in [-0.2, -0.15) is 4.99 Å². The smallest absolute Gasteiger partial charge is 0.323 e. The number of rotatable bonds is 3. The molecule has 2 aliphatic rings. The molecule has 0 bridgehead atoms. The molecule has 2 amide bonds. The summed E-state index contributed by atoms with van der Waals surface area (Å²) in [6, 6.07) is 9.01. The van der Waals surface area contributed by atoms with E-state index in [-0.39, 0.29) is 23.3 Å². The number of guanidine groups is 2. The Labute approximate surface area is 178 Å². The number of nitrogens with zero attached hydrogens (tertiary/aromatic N) is 3. The van der Waals surface area contributed by atoms with Gasteiger partial charge in [0.25, 0.3) is 0 Å². The molecule has 0 aromatic heterocycles. The first-order chi connectivity index (χ1) is 14.9. The van der Waals surface area contributed by atoms with Gasteiger partial charge in [0.1, 0.15) is 17.3 Å². The van der Waals surface area contributed by atoms with Crippen LogP contribution in [0.1, 0.15) is 32.1 Å². The zero-order chi connectivity index (χ0) is 22.0. The first-order valence-corrected chi connectivity index (χ1v) is 9.99. The zero-order valence-electron chi connectivity index (χ0n) is 16.7. The molecule has 10 heteroatoms. The van der Waals surface area contributed by atoms with Crippen LogP contribution in [0.2, 0.25) is 0 Å². The Balaban J connectivity index is 1.54. The van der Waals surface area contributed by atoms with Crippen LogP contribution in [-0.2, 0) is 0 Å². The molecule has 0 atom stereocenters. The van der Waals surface area contributed by atoms with Crippen LogP contribution in [0.4, 0.5) is 30.6 Å². The molecule has 6 N–H and O–H groups in total. The summed E-state index contributed by atoms with van der Waals surface area (Å²) in [4.78, 5) is 22.3. The topological polar surface area (TPSA) is 121 Å². The molecule has 162 valence electrons. The summed E-state index contributed by atoms with van der Waals surface area (Å²) in [5.74, 6) is -0.820. The largest absolute Gasteiger partial charge is 0.369 e. The Morgan fingerprint density at radius 3 is 2.29 bits per heavy atom. The Bertz CT molecular complexity index is 1050. The lowest BCUT2D eigenvalue weighted by atomic mass is 9.87. The molecule has 0 saturated heterocycles. The molecule has 1 heterocycles. The Morgan fingerprint density at radius 2 is 1.61 bits per heavy atom. The fraction of sp³-hybridized carbons (Fsp3) is 0.286. The number of hydrogen-bond donors (Lipinski definition) is 4. The maximum absolute atomic E-state index is 15.1. The number of benzene rings is 2. The summed E-state index contributed by atoms with van der Waals surface area (Å²) in [7, 11) is 0. The van der Waals surface area contributed by atoms with Gasteiger partial charge in [0, 0.05) is 11.4 Å². The highest BCUT2D eigenvalue weighted by atomic mass is 19.1. The lowest BCUT2D eigenvalue weighted by Crippen LogP contribution is -2.58. The first kappa shape index (κ1) is 20.6. The van der Waals surface area contributed by atoms with Gasteiger partial charge in [0.15, 0.2) is 0 Å². The van der Waals surface area contributed by atoms with E-state index in [9.17, 15) is 9.18 Å². The Hall–Kier alpha value is -3.69. The van der Waals surface area contributed by atoms with Crippen LogP contribution in [0.5, 0.6) is 0 Å². The fourth-order valence-electron chi connectivity index (χ4n) is 4.06. The van der Waals surface area contributed by atoms with Crippen molar-refractivity contribution >= 4 is 35.0 Å². The van der Waals surface area contributed by atoms with Gasteiger partial charge in [0.05, 0.1) is 5.69 Å². The quantitative estimate of drug-likeness (QED) is 0.596. The number of amides is 2. The minimum atomic E-state index is -0.760. The molecule has 1 aliphatic heterocycles. The minimum absolute atomic E-state index is 0.0862. The van der Waals surface area contributed by atoms with Crippen molar-refractivity contribution in [3.05, 3.63) is 54.1 Å². The van der Waals surface area contributed by atoms with E-state index in [4.69, 9.17) is 11.5 Å². The molecule has 1 aliphatic carbocycles. The molecule has 1 fully saturated rings. The monoisotopic (exact) mass is 427 g/mol. The van der Waals surface area contributed by atoms with Crippen LogP contribution in [-0.4, -0.2) is 23.6 Å². The number of nitrogens with two attached hydrogens (primary N) is 2. The van der Waals surface area contributed by atoms with E-state index < -0.39 is 23.3 Å². The number of carbonyl (C=O) groups excluding carboxylic acids is 1. The zero-order valence-corrected chi connectivity index (χ0v) is 16.7. The summed E-state index contributed by atoms with van der Waals surface area (Å²) in [6.45, 7) is 0. The maximum Gasteiger partial charge on any atom is 0.323 e. The second-order valence-electron chi connectivity index (χ2n) is 7.57. The lowest BCUT2D eigenvalue weighted by Gasteiger charge is -2.45. The van der Waals surface area contributed by atoms with Crippen LogP contribution >= 0.6 is 0 Å². The van der Waals surface area contributed by atoms with Crippen molar-refractivity contribution in [1.29, 1.82) is 0 Å². The van der Waals surface area contributed by atoms with Gasteiger partial charge < -0.3 is 22.1 Å². The number of aliphatic imine (C=N–C) groups is 2. The second-order valence-corrected chi connectivity index (χ2v) is 7.57. The highest BCUT2D eigenvalue weighted by Crippen LogP contribution is 2.40. The summed E-state index contributed by atoms with van der Waals surface area (Å²) in [5.41, 5.74) is 12.1. The molecular formula is C21H23F2N7O. The third kappa shape index (κ3) is 4.27. The number of nitrogens with one attached hydrogen (secondary N) is 2. The van der Waals surface area contributed by atoms with Crippen LogP contribution in [0, 0.1) is 11.6 Å². The van der Waals surface area contributed by atoms with Crippen molar-refractivity contribution in [3.8, 4) is 0 Å². The van der Waals surface area contributed by atoms with E-state index in [0.29, 0.717) is 18.5 Å². The summed E-state index contributed by atoms with van der Waals surface area (Å²) < 4.78 is 28.1. The second kappa shape index (κ2) is 8.21. The molecule has 4 rings (SSSR count). The Kier molecular flexibility index (Phi) is 5.45. The van der Waals surface area contributed by atoms with Crippen LogP contribution < -0.4 is 27.0 Å². The number of hydrogen-bond acceptors (Lipinski definition) is 6. The molecule has 2 aromatic rings. The number of carbonyl (C=O) groups is 1. The molecular weight excluding hydrogens is 404 g/mol. The van der Waals surface area contributed by atoms with E-state index in [2.05, 4.69) is 20.6 Å². The van der Waals surface area contributed by atoms with Gasteiger partial charge in [-0.05, 0) is 68.1 Å². The third-order valence-electron chi connectivity index (χ3n) is 5.40. The summed E-state index contributed by atoms with van der Waals surface area (Å²) in [6.07, 6.45) is 4.28. The van der Waals surface area contributed by atoms with Crippen molar-refractivity contribution < 1.29 is 13.6 Å². The molecule has 1 spiro atoms. The van der Waals surface area contributed by atoms with Gasteiger partial charge in [0.2, 0.25) is 11.9 Å². The average molecular weight is 427 g/mol. The lowest BCUT2D eigenvalue weighted by molar-refractivity contribution is 0.262.